The number of amides is 2. The highest BCUT2D eigenvalue weighted by atomic mass is 16.4. The van der Waals surface area contributed by atoms with Crippen LogP contribution >= 0.6 is 0 Å². The van der Waals surface area contributed by atoms with Crippen LogP contribution in [0.25, 0.3) is 0 Å². The molecule has 1 aromatic carbocycles. The number of nitrogens with zero attached hydrogens (tertiary/aromatic N) is 3. The second kappa shape index (κ2) is 8.74. The maximum atomic E-state index is 13.0. The average Bonchev–Trinajstić information content (AvgIpc) is 2.80. The molecule has 0 saturated carbocycles. The molecule has 3 aliphatic heterocycles. The van der Waals surface area contributed by atoms with Gasteiger partial charge in [-0.2, -0.15) is 0 Å². The molecule has 1 aromatic rings. The highest BCUT2D eigenvalue weighted by Gasteiger charge is 2.44. The van der Waals surface area contributed by atoms with Crippen molar-refractivity contribution in [2.75, 3.05) is 39.3 Å². The zero-order chi connectivity index (χ0) is 20.3. The van der Waals surface area contributed by atoms with Crippen molar-refractivity contribution >= 4 is 12.0 Å². The highest BCUT2D eigenvalue weighted by molar-refractivity contribution is 5.82. The van der Waals surface area contributed by atoms with Crippen LogP contribution in [-0.2, 0) is 10.2 Å². The van der Waals surface area contributed by atoms with Gasteiger partial charge in [0.2, 0.25) is 0 Å². The fourth-order valence-electron chi connectivity index (χ4n) is 5.37. The van der Waals surface area contributed by atoms with Crippen LogP contribution in [0.5, 0.6) is 0 Å². The number of likely N-dealkylation sites (tertiary alicyclic amines) is 3. The van der Waals surface area contributed by atoms with Crippen molar-refractivity contribution in [3.8, 4) is 0 Å². The molecular weight excluding hydrogens is 366 g/mol. The fraction of sp³-hybridized carbons (Fsp3) is 0.652. The van der Waals surface area contributed by atoms with Gasteiger partial charge in [0.15, 0.2) is 0 Å². The first-order chi connectivity index (χ1) is 14.1. The van der Waals surface area contributed by atoms with Crippen LogP contribution in [-0.4, -0.2) is 77.1 Å². The standard InChI is InChI=1S/C23H33N3O3/c27-21(28)23(19-7-3-1-4-8-19)11-17-26(18-12-23)22(29)25-15-9-20(10-16-25)24-13-5-2-6-14-24/h1,3-4,7-8,20H,2,5-6,9-18H2,(H,27,28). The Bertz CT molecular complexity index is 701. The number of carbonyl (C=O) groups is 2. The van der Waals surface area contributed by atoms with E-state index in [1.807, 2.05) is 40.1 Å². The molecule has 0 aliphatic carbocycles. The van der Waals surface area contributed by atoms with Gasteiger partial charge in [0, 0.05) is 32.2 Å². The quantitative estimate of drug-likeness (QED) is 0.848. The van der Waals surface area contributed by atoms with Crippen molar-refractivity contribution < 1.29 is 14.7 Å². The van der Waals surface area contributed by atoms with Gasteiger partial charge in [-0.1, -0.05) is 36.8 Å². The molecule has 3 fully saturated rings. The summed E-state index contributed by atoms with van der Waals surface area (Å²) < 4.78 is 0. The molecule has 0 bridgehead atoms. The van der Waals surface area contributed by atoms with Crippen LogP contribution in [0.2, 0.25) is 0 Å². The molecule has 158 valence electrons. The molecule has 4 rings (SSSR count). The van der Waals surface area contributed by atoms with Crippen LogP contribution in [0.15, 0.2) is 30.3 Å². The van der Waals surface area contributed by atoms with Crippen LogP contribution < -0.4 is 0 Å². The maximum Gasteiger partial charge on any atom is 0.320 e. The van der Waals surface area contributed by atoms with Crippen LogP contribution in [0.3, 0.4) is 0 Å². The van der Waals surface area contributed by atoms with Crippen LogP contribution in [0.1, 0.15) is 50.5 Å². The molecule has 29 heavy (non-hydrogen) atoms. The zero-order valence-electron chi connectivity index (χ0n) is 17.3. The number of piperidine rings is 3. The predicted octanol–water partition coefficient (Wildman–Crippen LogP) is 3.18. The summed E-state index contributed by atoms with van der Waals surface area (Å²) in [7, 11) is 0. The average molecular weight is 400 g/mol. The van der Waals surface area contributed by atoms with E-state index in [1.165, 1.54) is 32.4 Å². The van der Waals surface area contributed by atoms with Crippen molar-refractivity contribution in [2.45, 2.75) is 56.4 Å². The second-order valence-corrected chi connectivity index (χ2v) is 8.84. The first-order valence-corrected chi connectivity index (χ1v) is 11.2. The fourth-order valence-corrected chi connectivity index (χ4v) is 5.37. The van der Waals surface area contributed by atoms with Gasteiger partial charge in [0.1, 0.15) is 0 Å². The molecule has 3 aliphatic rings. The second-order valence-electron chi connectivity index (χ2n) is 8.84. The minimum atomic E-state index is -0.876. The summed E-state index contributed by atoms with van der Waals surface area (Å²) in [4.78, 5) is 31.6. The lowest BCUT2D eigenvalue weighted by Crippen LogP contribution is -2.55. The monoisotopic (exact) mass is 399 g/mol. The maximum absolute atomic E-state index is 13.0. The lowest BCUT2D eigenvalue weighted by molar-refractivity contribution is -0.145. The van der Waals surface area contributed by atoms with E-state index in [1.54, 1.807) is 0 Å². The summed E-state index contributed by atoms with van der Waals surface area (Å²) >= 11 is 0. The summed E-state index contributed by atoms with van der Waals surface area (Å²) in [6.07, 6.45) is 7.03. The summed E-state index contributed by atoms with van der Waals surface area (Å²) in [5.41, 5.74) is -0.0267. The molecule has 3 saturated heterocycles. The summed E-state index contributed by atoms with van der Waals surface area (Å²) in [6, 6.07) is 10.2. The lowest BCUT2D eigenvalue weighted by Gasteiger charge is -2.44. The number of urea groups is 1. The number of carboxylic acid groups (broad SMARTS) is 1. The van der Waals surface area contributed by atoms with E-state index < -0.39 is 11.4 Å². The normalized spacial score (nSPS) is 23.7. The van der Waals surface area contributed by atoms with Gasteiger partial charge in [0.05, 0.1) is 5.41 Å². The predicted molar refractivity (Wildman–Crippen MR) is 112 cm³/mol. The molecular formula is C23H33N3O3. The molecule has 0 unspecified atom stereocenters. The van der Waals surface area contributed by atoms with E-state index in [2.05, 4.69) is 4.90 Å². The van der Waals surface area contributed by atoms with E-state index in [4.69, 9.17) is 0 Å². The van der Waals surface area contributed by atoms with Crippen molar-refractivity contribution in [2.24, 2.45) is 0 Å². The van der Waals surface area contributed by atoms with Crippen molar-refractivity contribution in [1.82, 2.24) is 14.7 Å². The number of hydrogen-bond acceptors (Lipinski definition) is 3. The first kappa shape index (κ1) is 20.2. The molecule has 3 heterocycles. The Morgan fingerprint density at radius 1 is 0.828 bits per heavy atom. The van der Waals surface area contributed by atoms with E-state index in [-0.39, 0.29) is 6.03 Å². The van der Waals surface area contributed by atoms with Crippen LogP contribution in [0.4, 0.5) is 4.79 Å². The number of benzene rings is 1. The Morgan fingerprint density at radius 2 is 1.41 bits per heavy atom. The topological polar surface area (TPSA) is 64.1 Å². The molecule has 0 atom stereocenters. The minimum absolute atomic E-state index is 0.0918. The van der Waals surface area contributed by atoms with Gasteiger partial charge in [-0.15, -0.1) is 0 Å². The molecule has 0 spiro atoms. The number of aliphatic carboxylic acids is 1. The first-order valence-electron chi connectivity index (χ1n) is 11.2. The van der Waals surface area contributed by atoms with Gasteiger partial charge >= 0.3 is 12.0 Å². The van der Waals surface area contributed by atoms with E-state index in [0.29, 0.717) is 32.0 Å². The lowest BCUT2D eigenvalue weighted by atomic mass is 9.73. The number of carbonyl (C=O) groups excluding carboxylic acids is 1. The Morgan fingerprint density at radius 3 is 2.00 bits per heavy atom. The Labute approximate surface area is 173 Å². The van der Waals surface area contributed by atoms with Gasteiger partial charge in [0.25, 0.3) is 0 Å². The summed E-state index contributed by atoms with van der Waals surface area (Å²) in [6.45, 7) is 5.07. The van der Waals surface area contributed by atoms with E-state index in [9.17, 15) is 14.7 Å². The van der Waals surface area contributed by atoms with Crippen molar-refractivity contribution in [1.29, 1.82) is 0 Å². The number of carboxylic acids is 1. The molecule has 0 radical (unpaired) electrons. The highest BCUT2D eigenvalue weighted by Crippen LogP contribution is 2.36. The van der Waals surface area contributed by atoms with Gasteiger partial charge in [-0.25, -0.2) is 4.79 Å². The molecule has 0 aromatic heterocycles. The van der Waals surface area contributed by atoms with Crippen molar-refractivity contribution in [3.05, 3.63) is 35.9 Å². The third-order valence-electron chi connectivity index (χ3n) is 7.27. The molecule has 6 heteroatoms. The van der Waals surface area contributed by atoms with E-state index in [0.717, 1.165) is 31.5 Å². The van der Waals surface area contributed by atoms with Crippen LogP contribution in [0, 0.1) is 0 Å². The molecule has 1 N–H and O–H groups in total. The van der Waals surface area contributed by atoms with Gasteiger partial charge in [-0.3, -0.25) is 4.79 Å². The third-order valence-corrected chi connectivity index (χ3v) is 7.27. The Balaban J connectivity index is 1.33. The van der Waals surface area contributed by atoms with Crippen molar-refractivity contribution in [3.63, 3.8) is 0 Å². The molecule has 2 amide bonds. The number of hydrogen-bond donors (Lipinski definition) is 1. The number of rotatable bonds is 3. The summed E-state index contributed by atoms with van der Waals surface area (Å²) in [5, 5.41) is 9.95. The van der Waals surface area contributed by atoms with Gasteiger partial charge < -0.3 is 19.8 Å². The Kier molecular flexibility index (Phi) is 6.09. The summed E-state index contributed by atoms with van der Waals surface area (Å²) in [5.74, 6) is -0.779. The smallest absolute Gasteiger partial charge is 0.320 e. The zero-order valence-corrected chi connectivity index (χ0v) is 17.3. The third kappa shape index (κ3) is 4.13. The molecule has 6 nitrogen and oxygen atoms in total. The Hall–Kier alpha value is -2.08. The SMILES string of the molecule is O=C(N1CCC(N2CCCCC2)CC1)N1CCC(C(=O)O)(c2ccccc2)CC1. The van der Waals surface area contributed by atoms with E-state index >= 15 is 0 Å². The van der Waals surface area contributed by atoms with Gasteiger partial charge in [-0.05, 0) is 57.2 Å². The minimum Gasteiger partial charge on any atom is -0.481 e. The largest absolute Gasteiger partial charge is 0.481 e.